The molecule has 1 heterocycles. The van der Waals surface area contributed by atoms with E-state index >= 15 is 0 Å². The number of rotatable bonds is 1. The highest BCUT2D eigenvalue weighted by molar-refractivity contribution is 5.84. The van der Waals surface area contributed by atoms with Crippen LogP contribution in [0.4, 0.5) is 5.69 Å². The Morgan fingerprint density at radius 2 is 1.79 bits per heavy atom. The molecule has 0 fully saturated rings. The number of anilines is 1. The van der Waals surface area contributed by atoms with Gasteiger partial charge in [-0.05, 0) is 18.2 Å². The quantitative estimate of drug-likeness (QED) is 0.654. The third kappa shape index (κ3) is 1.83. The van der Waals surface area contributed by atoms with E-state index in [-0.39, 0.29) is 11.1 Å². The second kappa shape index (κ2) is 4.17. The van der Waals surface area contributed by atoms with Gasteiger partial charge in [-0.15, -0.1) is 0 Å². The Kier molecular flexibility index (Phi) is 2.49. The Balaban J connectivity index is 2.37. The van der Waals surface area contributed by atoms with Crippen LogP contribution in [0, 0.1) is 0 Å². The smallest absolute Gasteiger partial charge is 0.235 e. The van der Waals surface area contributed by atoms with Crippen molar-refractivity contribution in [1.82, 2.24) is 0 Å². The Morgan fingerprint density at radius 1 is 1.05 bits per heavy atom. The number of hydrogen-bond acceptors (Lipinski definition) is 4. The first kappa shape index (κ1) is 11.3. The molecule has 0 aliphatic heterocycles. The van der Waals surface area contributed by atoms with Crippen molar-refractivity contribution in [1.29, 1.82) is 0 Å². The summed E-state index contributed by atoms with van der Waals surface area (Å²) in [6.07, 6.45) is 0. The third-order valence-corrected chi connectivity index (χ3v) is 2.93. The summed E-state index contributed by atoms with van der Waals surface area (Å²) >= 11 is 0. The fourth-order valence-electron chi connectivity index (χ4n) is 1.99. The van der Waals surface area contributed by atoms with Gasteiger partial charge in [-0.3, -0.25) is 4.79 Å². The summed E-state index contributed by atoms with van der Waals surface area (Å²) in [7, 11) is 0. The minimum absolute atomic E-state index is 0.169. The van der Waals surface area contributed by atoms with Gasteiger partial charge in [0.15, 0.2) is 5.76 Å². The molecular formula is C15H11NO3. The van der Waals surface area contributed by atoms with Gasteiger partial charge in [-0.2, -0.15) is 0 Å². The molecule has 19 heavy (non-hydrogen) atoms. The Labute approximate surface area is 108 Å². The summed E-state index contributed by atoms with van der Waals surface area (Å²) in [5, 5.41) is 10.3. The zero-order chi connectivity index (χ0) is 13.4. The van der Waals surface area contributed by atoms with Gasteiger partial charge >= 0.3 is 0 Å². The fourth-order valence-corrected chi connectivity index (χ4v) is 1.99. The van der Waals surface area contributed by atoms with Crippen molar-refractivity contribution in [3.63, 3.8) is 0 Å². The van der Waals surface area contributed by atoms with E-state index in [2.05, 4.69) is 0 Å². The Hall–Kier alpha value is -2.75. The number of nitrogens with two attached hydrogens (primary N) is 1. The molecule has 2 aromatic carbocycles. The minimum Gasteiger partial charge on any atom is -0.502 e. The third-order valence-electron chi connectivity index (χ3n) is 2.93. The van der Waals surface area contributed by atoms with Crippen molar-refractivity contribution >= 4 is 16.7 Å². The van der Waals surface area contributed by atoms with Crippen LogP contribution in [0.2, 0.25) is 0 Å². The Morgan fingerprint density at radius 3 is 2.53 bits per heavy atom. The van der Waals surface area contributed by atoms with Gasteiger partial charge in [0, 0.05) is 11.3 Å². The predicted molar refractivity (Wildman–Crippen MR) is 74.0 cm³/mol. The normalized spacial score (nSPS) is 10.7. The van der Waals surface area contributed by atoms with Gasteiger partial charge in [-0.1, -0.05) is 30.3 Å². The molecule has 0 saturated heterocycles. The number of fused-ring (bicyclic) bond motifs is 1. The van der Waals surface area contributed by atoms with Crippen molar-refractivity contribution < 1.29 is 9.52 Å². The molecule has 0 amide bonds. The first-order valence-electron chi connectivity index (χ1n) is 5.77. The Bertz CT molecular complexity index is 807. The number of nitrogen functional groups attached to an aromatic ring is 1. The van der Waals surface area contributed by atoms with E-state index in [9.17, 15) is 9.90 Å². The van der Waals surface area contributed by atoms with Crippen molar-refractivity contribution in [2.24, 2.45) is 0 Å². The first-order valence-corrected chi connectivity index (χ1v) is 5.77. The molecule has 0 atom stereocenters. The lowest BCUT2D eigenvalue weighted by atomic mass is 10.1. The summed E-state index contributed by atoms with van der Waals surface area (Å²) in [5.41, 5.74) is 6.65. The molecular weight excluding hydrogens is 242 g/mol. The van der Waals surface area contributed by atoms with Gasteiger partial charge in [-0.25, -0.2) is 0 Å². The number of aromatic hydroxyl groups is 1. The molecule has 0 unspecified atom stereocenters. The van der Waals surface area contributed by atoms with Crippen LogP contribution in [0.1, 0.15) is 0 Å². The lowest BCUT2D eigenvalue weighted by Gasteiger charge is -2.06. The first-order chi connectivity index (χ1) is 9.16. The molecule has 4 nitrogen and oxygen atoms in total. The SMILES string of the molecule is Nc1ccc2oc(-c3ccccc3)c(O)c(=O)c2c1. The number of hydrogen-bond donors (Lipinski definition) is 2. The van der Waals surface area contributed by atoms with Gasteiger partial charge < -0.3 is 15.3 Å². The van der Waals surface area contributed by atoms with E-state index in [1.54, 1.807) is 24.3 Å². The highest BCUT2D eigenvalue weighted by atomic mass is 16.4. The second-order valence-corrected chi connectivity index (χ2v) is 4.23. The molecule has 3 N–H and O–H groups in total. The lowest BCUT2D eigenvalue weighted by molar-refractivity contribution is 0.449. The summed E-state index contributed by atoms with van der Waals surface area (Å²) < 4.78 is 5.61. The van der Waals surface area contributed by atoms with Crippen LogP contribution < -0.4 is 11.2 Å². The van der Waals surface area contributed by atoms with E-state index in [1.807, 2.05) is 18.2 Å². The van der Waals surface area contributed by atoms with E-state index in [0.717, 1.165) is 0 Å². The standard InChI is InChI=1S/C15H11NO3/c16-10-6-7-12-11(8-10)13(17)14(18)15(19-12)9-4-2-1-3-5-9/h1-8,18H,16H2. The molecule has 94 valence electrons. The molecule has 0 aliphatic rings. The molecule has 0 aliphatic carbocycles. The molecule has 0 saturated carbocycles. The molecule has 0 bridgehead atoms. The van der Waals surface area contributed by atoms with Crippen LogP contribution in [-0.2, 0) is 0 Å². The molecule has 0 spiro atoms. The topological polar surface area (TPSA) is 76.5 Å². The van der Waals surface area contributed by atoms with Crippen molar-refractivity contribution in [3.8, 4) is 17.1 Å². The maximum Gasteiger partial charge on any atom is 0.235 e. The zero-order valence-electron chi connectivity index (χ0n) is 9.96. The largest absolute Gasteiger partial charge is 0.502 e. The van der Waals surface area contributed by atoms with Crippen LogP contribution in [0.15, 0.2) is 57.7 Å². The van der Waals surface area contributed by atoms with Gasteiger partial charge in [0.25, 0.3) is 0 Å². The van der Waals surface area contributed by atoms with Crippen LogP contribution in [0.25, 0.3) is 22.3 Å². The monoisotopic (exact) mass is 253 g/mol. The van der Waals surface area contributed by atoms with Crippen molar-refractivity contribution in [3.05, 3.63) is 58.8 Å². The van der Waals surface area contributed by atoms with Gasteiger partial charge in [0.05, 0.1) is 5.39 Å². The maximum absolute atomic E-state index is 12.1. The van der Waals surface area contributed by atoms with Crippen LogP contribution in [-0.4, -0.2) is 5.11 Å². The van der Waals surface area contributed by atoms with Crippen molar-refractivity contribution in [2.75, 3.05) is 5.73 Å². The van der Waals surface area contributed by atoms with E-state index in [0.29, 0.717) is 16.8 Å². The van der Waals surface area contributed by atoms with Crippen LogP contribution in [0.3, 0.4) is 0 Å². The van der Waals surface area contributed by atoms with E-state index in [4.69, 9.17) is 10.2 Å². The van der Waals surface area contributed by atoms with Gasteiger partial charge in [0.1, 0.15) is 5.58 Å². The molecule has 3 rings (SSSR count). The van der Waals surface area contributed by atoms with Crippen LogP contribution >= 0.6 is 0 Å². The zero-order valence-corrected chi connectivity index (χ0v) is 9.96. The predicted octanol–water partition coefficient (Wildman–Crippen LogP) is 2.75. The molecule has 4 heteroatoms. The lowest BCUT2D eigenvalue weighted by Crippen LogP contribution is -2.03. The van der Waals surface area contributed by atoms with Crippen molar-refractivity contribution in [2.45, 2.75) is 0 Å². The second-order valence-electron chi connectivity index (χ2n) is 4.23. The minimum atomic E-state index is -0.479. The van der Waals surface area contributed by atoms with E-state index < -0.39 is 11.2 Å². The molecule has 3 aromatic rings. The van der Waals surface area contributed by atoms with E-state index in [1.165, 1.54) is 6.07 Å². The summed E-state index contributed by atoms with van der Waals surface area (Å²) in [6, 6.07) is 13.8. The maximum atomic E-state index is 12.1. The molecule has 1 aromatic heterocycles. The number of benzene rings is 2. The highest BCUT2D eigenvalue weighted by Gasteiger charge is 2.14. The summed E-state index contributed by atoms with van der Waals surface area (Å²) in [6.45, 7) is 0. The average Bonchev–Trinajstić information content (AvgIpc) is 2.44. The summed E-state index contributed by atoms with van der Waals surface area (Å²) in [5.74, 6) is -0.229. The van der Waals surface area contributed by atoms with Crippen LogP contribution in [0.5, 0.6) is 5.75 Å². The molecule has 0 radical (unpaired) electrons. The highest BCUT2D eigenvalue weighted by Crippen LogP contribution is 2.30. The fraction of sp³-hybridized carbons (Fsp3) is 0. The summed E-state index contributed by atoms with van der Waals surface area (Å²) in [4.78, 5) is 12.1. The van der Waals surface area contributed by atoms with Gasteiger partial charge in [0.2, 0.25) is 11.2 Å². The average molecular weight is 253 g/mol.